The van der Waals surface area contributed by atoms with Crippen molar-refractivity contribution in [2.75, 3.05) is 25.5 Å². The average molecular weight is 321 g/mol. The Morgan fingerprint density at radius 1 is 1.17 bits per heavy atom. The molecule has 1 saturated heterocycles. The molecule has 6 nitrogen and oxygen atoms in total. The van der Waals surface area contributed by atoms with Crippen LogP contribution in [0.2, 0.25) is 0 Å². The molecular formula is C18H19N5O. The van der Waals surface area contributed by atoms with Crippen molar-refractivity contribution in [2.24, 2.45) is 0 Å². The number of nitrogens with zero attached hydrogens (tertiary/aromatic N) is 3. The van der Waals surface area contributed by atoms with E-state index < -0.39 is 0 Å². The standard InChI is InChI=1S/C18H19N5O/c1-24-17-5-2-12(10-21-17)14-3-4-15-18(23-14)16(7-9-20-15)22-13-6-8-19-11-13/h2-5,7,9-10,13,19H,6,8,11H2,1H3,(H,20,22)/t13-/m1/s1. The van der Waals surface area contributed by atoms with E-state index in [4.69, 9.17) is 9.72 Å². The topological polar surface area (TPSA) is 72.0 Å². The molecule has 1 atom stereocenters. The zero-order valence-electron chi connectivity index (χ0n) is 13.5. The summed E-state index contributed by atoms with van der Waals surface area (Å²) in [5.74, 6) is 0.595. The molecule has 1 fully saturated rings. The summed E-state index contributed by atoms with van der Waals surface area (Å²) in [6, 6.07) is 10.2. The quantitative estimate of drug-likeness (QED) is 0.769. The lowest BCUT2D eigenvalue weighted by Crippen LogP contribution is -2.22. The Balaban J connectivity index is 1.72. The zero-order chi connectivity index (χ0) is 16.4. The summed E-state index contributed by atoms with van der Waals surface area (Å²) in [4.78, 5) is 13.5. The minimum Gasteiger partial charge on any atom is -0.481 e. The molecule has 4 heterocycles. The molecule has 0 unspecified atom stereocenters. The Hall–Kier alpha value is -2.73. The predicted molar refractivity (Wildman–Crippen MR) is 94.2 cm³/mol. The lowest BCUT2D eigenvalue weighted by molar-refractivity contribution is 0.398. The molecule has 0 radical (unpaired) electrons. The Morgan fingerprint density at radius 3 is 2.88 bits per heavy atom. The number of fused-ring (bicyclic) bond motifs is 1. The molecule has 24 heavy (non-hydrogen) atoms. The number of hydrogen-bond donors (Lipinski definition) is 2. The first kappa shape index (κ1) is 14.8. The van der Waals surface area contributed by atoms with Crippen LogP contribution in [0.5, 0.6) is 5.88 Å². The van der Waals surface area contributed by atoms with Crippen molar-refractivity contribution in [1.29, 1.82) is 0 Å². The van der Waals surface area contributed by atoms with E-state index in [-0.39, 0.29) is 0 Å². The van der Waals surface area contributed by atoms with Crippen LogP contribution in [0.4, 0.5) is 5.69 Å². The van der Waals surface area contributed by atoms with Gasteiger partial charge in [-0.15, -0.1) is 0 Å². The molecule has 1 aliphatic rings. The second kappa shape index (κ2) is 6.41. The summed E-state index contributed by atoms with van der Waals surface area (Å²) in [5, 5.41) is 6.95. The lowest BCUT2D eigenvalue weighted by Gasteiger charge is -2.14. The van der Waals surface area contributed by atoms with Crippen LogP contribution in [0.25, 0.3) is 22.3 Å². The van der Waals surface area contributed by atoms with Crippen molar-refractivity contribution < 1.29 is 4.74 Å². The first-order valence-electron chi connectivity index (χ1n) is 8.07. The van der Waals surface area contributed by atoms with Gasteiger partial charge in [0.05, 0.1) is 24.0 Å². The third-order valence-corrected chi connectivity index (χ3v) is 4.25. The number of hydrogen-bond acceptors (Lipinski definition) is 6. The molecule has 0 amide bonds. The van der Waals surface area contributed by atoms with Gasteiger partial charge >= 0.3 is 0 Å². The second-order valence-corrected chi connectivity index (χ2v) is 5.85. The summed E-state index contributed by atoms with van der Waals surface area (Å²) in [5.41, 5.74) is 4.62. The van der Waals surface area contributed by atoms with Gasteiger partial charge < -0.3 is 15.4 Å². The summed E-state index contributed by atoms with van der Waals surface area (Å²) >= 11 is 0. The molecule has 0 spiro atoms. The van der Waals surface area contributed by atoms with Crippen molar-refractivity contribution in [3.63, 3.8) is 0 Å². The highest BCUT2D eigenvalue weighted by molar-refractivity contribution is 5.89. The molecule has 3 aromatic heterocycles. The van der Waals surface area contributed by atoms with E-state index in [9.17, 15) is 0 Å². The maximum atomic E-state index is 5.11. The van der Waals surface area contributed by atoms with Crippen LogP contribution in [0.1, 0.15) is 6.42 Å². The minimum atomic E-state index is 0.434. The van der Waals surface area contributed by atoms with E-state index in [0.29, 0.717) is 11.9 Å². The van der Waals surface area contributed by atoms with Gasteiger partial charge in [-0.3, -0.25) is 4.98 Å². The first-order valence-corrected chi connectivity index (χ1v) is 8.07. The van der Waals surface area contributed by atoms with Crippen LogP contribution >= 0.6 is 0 Å². The third-order valence-electron chi connectivity index (χ3n) is 4.25. The fourth-order valence-electron chi connectivity index (χ4n) is 2.95. The molecule has 0 aliphatic carbocycles. The second-order valence-electron chi connectivity index (χ2n) is 5.85. The van der Waals surface area contributed by atoms with Gasteiger partial charge in [-0.25, -0.2) is 9.97 Å². The number of aromatic nitrogens is 3. The predicted octanol–water partition coefficient (Wildman–Crippen LogP) is 2.47. The van der Waals surface area contributed by atoms with Gasteiger partial charge in [0.15, 0.2) is 0 Å². The van der Waals surface area contributed by atoms with Gasteiger partial charge in [0.1, 0.15) is 5.52 Å². The molecule has 122 valence electrons. The third kappa shape index (κ3) is 2.88. The highest BCUT2D eigenvalue weighted by Gasteiger charge is 2.16. The van der Waals surface area contributed by atoms with E-state index in [0.717, 1.165) is 47.5 Å². The molecule has 4 rings (SSSR count). The fourth-order valence-corrected chi connectivity index (χ4v) is 2.95. The van der Waals surface area contributed by atoms with Gasteiger partial charge in [0, 0.05) is 36.6 Å². The van der Waals surface area contributed by atoms with Crippen LogP contribution in [0.3, 0.4) is 0 Å². The Labute approximate surface area is 140 Å². The van der Waals surface area contributed by atoms with Crippen molar-refractivity contribution >= 4 is 16.7 Å². The van der Waals surface area contributed by atoms with E-state index in [1.54, 1.807) is 13.3 Å². The molecular weight excluding hydrogens is 302 g/mol. The van der Waals surface area contributed by atoms with Crippen molar-refractivity contribution in [1.82, 2.24) is 20.3 Å². The van der Waals surface area contributed by atoms with Crippen molar-refractivity contribution in [2.45, 2.75) is 12.5 Å². The minimum absolute atomic E-state index is 0.434. The highest BCUT2D eigenvalue weighted by atomic mass is 16.5. The molecule has 6 heteroatoms. The van der Waals surface area contributed by atoms with Crippen molar-refractivity contribution in [3.05, 3.63) is 42.7 Å². The number of pyridine rings is 3. The molecule has 1 aliphatic heterocycles. The molecule has 0 bridgehead atoms. The monoisotopic (exact) mass is 321 g/mol. The molecule has 3 aromatic rings. The maximum absolute atomic E-state index is 5.11. The average Bonchev–Trinajstić information content (AvgIpc) is 3.15. The van der Waals surface area contributed by atoms with Gasteiger partial charge in [0.25, 0.3) is 0 Å². The molecule has 0 saturated carbocycles. The van der Waals surface area contributed by atoms with Crippen LogP contribution in [0.15, 0.2) is 42.7 Å². The van der Waals surface area contributed by atoms with E-state index in [2.05, 4.69) is 20.6 Å². The summed E-state index contributed by atoms with van der Waals surface area (Å²) < 4.78 is 5.11. The van der Waals surface area contributed by atoms with E-state index in [1.807, 2.05) is 36.5 Å². The van der Waals surface area contributed by atoms with Crippen LogP contribution in [-0.4, -0.2) is 41.2 Å². The number of methoxy groups -OCH3 is 1. The fraction of sp³-hybridized carbons (Fsp3) is 0.278. The molecule has 0 aromatic carbocycles. The summed E-state index contributed by atoms with van der Waals surface area (Å²) in [6.45, 7) is 2.03. The Bertz CT molecular complexity index is 844. The van der Waals surface area contributed by atoms with E-state index in [1.165, 1.54) is 0 Å². The number of nitrogens with one attached hydrogen (secondary N) is 2. The normalized spacial score (nSPS) is 17.1. The zero-order valence-corrected chi connectivity index (χ0v) is 13.5. The number of anilines is 1. The van der Waals surface area contributed by atoms with Gasteiger partial charge in [-0.1, -0.05) is 0 Å². The largest absolute Gasteiger partial charge is 0.481 e. The van der Waals surface area contributed by atoms with Crippen LogP contribution in [0, 0.1) is 0 Å². The highest BCUT2D eigenvalue weighted by Crippen LogP contribution is 2.25. The van der Waals surface area contributed by atoms with Gasteiger partial charge in [-0.2, -0.15) is 0 Å². The summed E-state index contributed by atoms with van der Waals surface area (Å²) in [7, 11) is 1.61. The summed E-state index contributed by atoms with van der Waals surface area (Å²) in [6.07, 6.45) is 4.71. The SMILES string of the molecule is COc1ccc(-c2ccc3nccc(N[C@@H]4CCNC4)c3n2)cn1. The van der Waals surface area contributed by atoms with Crippen LogP contribution < -0.4 is 15.4 Å². The van der Waals surface area contributed by atoms with E-state index >= 15 is 0 Å². The van der Waals surface area contributed by atoms with Gasteiger partial charge in [-0.05, 0) is 37.2 Å². The smallest absolute Gasteiger partial charge is 0.212 e. The first-order chi connectivity index (χ1) is 11.8. The Kier molecular flexibility index (Phi) is 3.96. The maximum Gasteiger partial charge on any atom is 0.212 e. The molecule has 2 N–H and O–H groups in total. The van der Waals surface area contributed by atoms with Gasteiger partial charge in [0.2, 0.25) is 5.88 Å². The number of rotatable bonds is 4. The van der Waals surface area contributed by atoms with Crippen molar-refractivity contribution in [3.8, 4) is 17.1 Å². The lowest BCUT2D eigenvalue weighted by atomic mass is 10.1. The Morgan fingerprint density at radius 2 is 2.12 bits per heavy atom. The van der Waals surface area contributed by atoms with Crippen LogP contribution in [-0.2, 0) is 0 Å². The number of ether oxygens (including phenoxy) is 1.